The molecule has 8 heteroatoms. The van der Waals surface area contributed by atoms with Crippen LogP contribution in [0.2, 0.25) is 0 Å². The third-order valence-corrected chi connectivity index (χ3v) is 5.09. The zero-order valence-corrected chi connectivity index (χ0v) is 14.8. The second-order valence-corrected chi connectivity index (χ2v) is 6.85. The second-order valence-electron chi connectivity index (χ2n) is 4.88. The molecule has 0 atom stereocenters. The van der Waals surface area contributed by atoms with Crippen LogP contribution in [-0.4, -0.2) is 31.6 Å². The molecule has 3 rings (SSSR count). The second kappa shape index (κ2) is 7.10. The number of rotatable bonds is 6. The van der Waals surface area contributed by atoms with E-state index in [4.69, 9.17) is 4.74 Å². The molecule has 0 N–H and O–H groups in total. The highest BCUT2D eigenvalue weighted by molar-refractivity contribution is 7.98. The Morgan fingerprint density at radius 1 is 1.09 bits per heavy atom. The number of ether oxygens (including phenoxy) is 1. The van der Waals surface area contributed by atoms with Crippen molar-refractivity contribution in [3.63, 3.8) is 0 Å². The number of aryl methyl sites for hydroxylation is 2. The maximum atomic E-state index is 5.35. The minimum Gasteiger partial charge on any atom is -0.469 e. The topological polar surface area (TPSA) is 65.7 Å². The van der Waals surface area contributed by atoms with Gasteiger partial charge in [-0.1, -0.05) is 40.8 Å². The van der Waals surface area contributed by atoms with Crippen LogP contribution >= 0.6 is 23.1 Å². The van der Waals surface area contributed by atoms with E-state index in [2.05, 4.69) is 56.2 Å². The van der Waals surface area contributed by atoms with E-state index in [-0.39, 0.29) is 0 Å². The molecule has 0 saturated heterocycles. The molecule has 0 aliphatic rings. The van der Waals surface area contributed by atoms with Gasteiger partial charge in [0.25, 0.3) is 5.19 Å². The van der Waals surface area contributed by atoms with Crippen LogP contribution in [0.4, 0.5) is 0 Å². The van der Waals surface area contributed by atoms with Crippen molar-refractivity contribution in [2.24, 2.45) is 0 Å². The van der Waals surface area contributed by atoms with Crippen molar-refractivity contribution in [1.82, 2.24) is 25.0 Å². The highest BCUT2D eigenvalue weighted by Crippen LogP contribution is 2.28. The summed E-state index contributed by atoms with van der Waals surface area (Å²) in [7, 11) is 0. The summed E-state index contributed by atoms with van der Waals surface area (Å²) in [6.45, 7) is 6.56. The summed E-state index contributed by atoms with van der Waals surface area (Å²) in [6.07, 6.45) is 0. The Balaban J connectivity index is 1.77. The van der Waals surface area contributed by atoms with Gasteiger partial charge in [-0.3, -0.25) is 4.57 Å². The summed E-state index contributed by atoms with van der Waals surface area (Å²) in [5.74, 6) is 1.55. The maximum absolute atomic E-state index is 5.35. The first kappa shape index (κ1) is 15.9. The van der Waals surface area contributed by atoms with E-state index in [0.717, 1.165) is 21.7 Å². The standard InChI is InChI=1S/C15H17N5OS2/c1-4-21-15-19-17-13(23-15)9-22-14-18-16-11(3)20(14)12-7-5-10(2)6-8-12/h5-8H,4,9H2,1-3H3. The Morgan fingerprint density at radius 3 is 2.61 bits per heavy atom. The zero-order valence-electron chi connectivity index (χ0n) is 13.2. The fraction of sp³-hybridized carbons (Fsp3) is 0.333. The summed E-state index contributed by atoms with van der Waals surface area (Å²) in [4.78, 5) is 0. The molecule has 3 aromatic rings. The number of hydrogen-bond donors (Lipinski definition) is 0. The Hall–Kier alpha value is -1.93. The first-order valence-corrected chi connectivity index (χ1v) is 9.04. The van der Waals surface area contributed by atoms with Crippen molar-refractivity contribution in [3.05, 3.63) is 40.7 Å². The molecular weight excluding hydrogens is 330 g/mol. The number of hydrogen-bond acceptors (Lipinski definition) is 7. The van der Waals surface area contributed by atoms with Crippen LogP contribution in [0.25, 0.3) is 5.69 Å². The average molecular weight is 347 g/mol. The lowest BCUT2D eigenvalue weighted by Gasteiger charge is -2.08. The lowest BCUT2D eigenvalue weighted by Crippen LogP contribution is -1.99. The summed E-state index contributed by atoms with van der Waals surface area (Å²) >= 11 is 3.06. The number of aromatic nitrogens is 5. The van der Waals surface area contributed by atoms with Gasteiger partial charge in [0, 0.05) is 5.69 Å². The summed E-state index contributed by atoms with van der Waals surface area (Å²) < 4.78 is 7.40. The molecule has 0 aliphatic carbocycles. The normalized spacial score (nSPS) is 10.9. The lowest BCUT2D eigenvalue weighted by atomic mass is 10.2. The maximum Gasteiger partial charge on any atom is 0.294 e. The Bertz CT molecular complexity index is 782. The summed E-state index contributed by atoms with van der Waals surface area (Å²) in [5.41, 5.74) is 2.29. The van der Waals surface area contributed by atoms with Gasteiger partial charge in [-0.25, -0.2) is 0 Å². The predicted octanol–water partition coefficient (Wildman–Crippen LogP) is 3.43. The molecular formula is C15H17N5OS2. The van der Waals surface area contributed by atoms with E-state index in [0.29, 0.717) is 17.6 Å². The first-order valence-electron chi connectivity index (χ1n) is 7.24. The monoisotopic (exact) mass is 347 g/mol. The van der Waals surface area contributed by atoms with Crippen molar-refractivity contribution < 1.29 is 4.74 Å². The van der Waals surface area contributed by atoms with Crippen LogP contribution in [0.15, 0.2) is 29.4 Å². The highest BCUT2D eigenvalue weighted by Gasteiger charge is 2.13. The van der Waals surface area contributed by atoms with Crippen molar-refractivity contribution in [3.8, 4) is 10.9 Å². The molecule has 0 radical (unpaired) electrons. The van der Waals surface area contributed by atoms with E-state index >= 15 is 0 Å². The van der Waals surface area contributed by atoms with Gasteiger partial charge in [-0.2, -0.15) is 0 Å². The van der Waals surface area contributed by atoms with E-state index < -0.39 is 0 Å². The molecule has 0 fully saturated rings. The third kappa shape index (κ3) is 3.70. The van der Waals surface area contributed by atoms with Gasteiger partial charge in [0.05, 0.1) is 12.4 Å². The van der Waals surface area contributed by atoms with Gasteiger partial charge in [0.15, 0.2) is 5.16 Å². The number of benzene rings is 1. The minimum atomic E-state index is 0.600. The Morgan fingerprint density at radius 2 is 1.87 bits per heavy atom. The van der Waals surface area contributed by atoms with Gasteiger partial charge in [0.2, 0.25) is 0 Å². The molecule has 0 bridgehead atoms. The van der Waals surface area contributed by atoms with Crippen LogP contribution in [0.1, 0.15) is 23.3 Å². The first-order chi connectivity index (χ1) is 11.2. The minimum absolute atomic E-state index is 0.600. The van der Waals surface area contributed by atoms with Crippen LogP contribution in [0, 0.1) is 13.8 Å². The summed E-state index contributed by atoms with van der Waals surface area (Å²) in [5, 5.41) is 19.0. The van der Waals surface area contributed by atoms with E-state index in [1.807, 2.05) is 13.8 Å². The molecule has 0 unspecified atom stereocenters. The van der Waals surface area contributed by atoms with Gasteiger partial charge in [-0.15, -0.1) is 20.4 Å². The van der Waals surface area contributed by atoms with Crippen molar-refractivity contribution in [2.75, 3.05) is 6.61 Å². The van der Waals surface area contributed by atoms with E-state index in [1.54, 1.807) is 11.8 Å². The molecule has 2 aromatic heterocycles. The van der Waals surface area contributed by atoms with Crippen molar-refractivity contribution >= 4 is 23.1 Å². The van der Waals surface area contributed by atoms with Gasteiger partial charge < -0.3 is 4.74 Å². The number of thioether (sulfide) groups is 1. The van der Waals surface area contributed by atoms with Crippen LogP contribution in [0.5, 0.6) is 5.19 Å². The van der Waals surface area contributed by atoms with Gasteiger partial charge in [-0.05, 0) is 32.9 Å². The molecule has 6 nitrogen and oxygen atoms in total. The quantitative estimate of drug-likeness (QED) is 0.637. The van der Waals surface area contributed by atoms with E-state index in [9.17, 15) is 0 Å². The Kier molecular flexibility index (Phi) is 4.92. The fourth-order valence-electron chi connectivity index (χ4n) is 2.03. The zero-order chi connectivity index (χ0) is 16.2. The van der Waals surface area contributed by atoms with Crippen LogP contribution in [-0.2, 0) is 5.75 Å². The fourth-order valence-corrected chi connectivity index (χ4v) is 3.76. The molecule has 120 valence electrons. The predicted molar refractivity (Wildman–Crippen MR) is 91.5 cm³/mol. The average Bonchev–Trinajstić information content (AvgIpc) is 3.13. The van der Waals surface area contributed by atoms with Crippen LogP contribution < -0.4 is 4.74 Å². The number of nitrogens with zero attached hydrogens (tertiary/aromatic N) is 5. The molecule has 0 saturated carbocycles. The van der Waals surface area contributed by atoms with Gasteiger partial charge in [0.1, 0.15) is 10.8 Å². The Labute approximate surface area is 142 Å². The molecule has 23 heavy (non-hydrogen) atoms. The molecule has 1 aromatic carbocycles. The van der Waals surface area contributed by atoms with Crippen molar-refractivity contribution in [2.45, 2.75) is 31.7 Å². The smallest absolute Gasteiger partial charge is 0.294 e. The lowest BCUT2D eigenvalue weighted by molar-refractivity contribution is 0.335. The van der Waals surface area contributed by atoms with Crippen LogP contribution in [0.3, 0.4) is 0 Å². The molecule has 0 spiro atoms. The summed E-state index contributed by atoms with van der Waals surface area (Å²) in [6, 6.07) is 8.33. The van der Waals surface area contributed by atoms with Gasteiger partial charge >= 0.3 is 0 Å². The molecule has 2 heterocycles. The third-order valence-electron chi connectivity index (χ3n) is 3.13. The molecule has 0 amide bonds. The largest absolute Gasteiger partial charge is 0.469 e. The van der Waals surface area contributed by atoms with Crippen molar-refractivity contribution in [1.29, 1.82) is 0 Å². The molecule has 0 aliphatic heterocycles. The SMILES string of the molecule is CCOc1nnc(CSc2nnc(C)n2-c2ccc(C)cc2)s1. The van der Waals surface area contributed by atoms with E-state index in [1.165, 1.54) is 16.9 Å². The highest BCUT2D eigenvalue weighted by atomic mass is 32.2.